The van der Waals surface area contributed by atoms with Gasteiger partial charge in [-0.2, -0.15) is 0 Å². The molecule has 21 heavy (non-hydrogen) atoms. The van der Waals surface area contributed by atoms with Crippen molar-refractivity contribution in [2.45, 2.75) is 6.92 Å². The lowest BCUT2D eigenvalue weighted by Crippen LogP contribution is -2.06. The number of carbonyl (C=O) groups excluding carboxylic acids is 1. The number of esters is 1. The third kappa shape index (κ3) is 3.40. The van der Waals surface area contributed by atoms with E-state index in [9.17, 15) is 4.79 Å². The summed E-state index contributed by atoms with van der Waals surface area (Å²) >= 11 is 12.0. The molecule has 0 aliphatic carbocycles. The van der Waals surface area contributed by atoms with E-state index >= 15 is 0 Å². The van der Waals surface area contributed by atoms with Crippen LogP contribution in [0.1, 0.15) is 15.9 Å². The van der Waals surface area contributed by atoms with E-state index in [1.54, 1.807) is 30.3 Å². The van der Waals surface area contributed by atoms with Gasteiger partial charge in [0.1, 0.15) is 0 Å². The molecule has 0 saturated carbocycles. The Kier molecular flexibility index (Phi) is 4.60. The zero-order chi connectivity index (χ0) is 15.6. The van der Waals surface area contributed by atoms with E-state index < -0.39 is 5.97 Å². The van der Waals surface area contributed by atoms with Crippen molar-refractivity contribution >= 4 is 46.2 Å². The molecule has 0 spiro atoms. The molecule has 0 heterocycles. The van der Waals surface area contributed by atoms with Gasteiger partial charge in [-0.25, -0.2) is 4.79 Å². The van der Waals surface area contributed by atoms with Crippen LogP contribution in [0, 0.1) is 6.92 Å². The minimum Gasteiger partial charge on any atom is -0.465 e. The normalized spacial score (nSPS) is 10.3. The van der Waals surface area contributed by atoms with E-state index in [4.69, 9.17) is 28.9 Å². The molecule has 110 valence electrons. The molecule has 6 heteroatoms. The number of nitrogen functional groups attached to an aromatic ring is 1. The van der Waals surface area contributed by atoms with Crippen molar-refractivity contribution in [1.82, 2.24) is 0 Å². The first kappa shape index (κ1) is 15.5. The fourth-order valence-corrected chi connectivity index (χ4v) is 2.40. The Morgan fingerprint density at radius 1 is 1.24 bits per heavy atom. The maximum absolute atomic E-state index is 11.5. The number of anilines is 3. The first-order chi connectivity index (χ1) is 9.92. The molecule has 0 fully saturated rings. The molecule has 0 radical (unpaired) electrons. The zero-order valence-electron chi connectivity index (χ0n) is 11.5. The lowest BCUT2D eigenvalue weighted by Gasteiger charge is -2.15. The summed E-state index contributed by atoms with van der Waals surface area (Å²) in [6.07, 6.45) is 0. The van der Waals surface area contributed by atoms with Crippen LogP contribution in [0.2, 0.25) is 10.0 Å². The van der Waals surface area contributed by atoms with Crippen molar-refractivity contribution in [2.24, 2.45) is 0 Å². The van der Waals surface area contributed by atoms with Crippen molar-refractivity contribution in [3.63, 3.8) is 0 Å². The molecule has 0 aliphatic heterocycles. The van der Waals surface area contributed by atoms with Crippen molar-refractivity contribution in [3.8, 4) is 0 Å². The third-order valence-corrected chi connectivity index (χ3v) is 3.53. The first-order valence-corrected chi connectivity index (χ1v) is 6.88. The number of benzene rings is 2. The van der Waals surface area contributed by atoms with Gasteiger partial charge in [-0.3, -0.25) is 0 Å². The smallest absolute Gasteiger partial charge is 0.337 e. The molecular weight excluding hydrogens is 311 g/mol. The lowest BCUT2D eigenvalue weighted by molar-refractivity contribution is 0.0600. The lowest BCUT2D eigenvalue weighted by atomic mass is 10.1. The van der Waals surface area contributed by atoms with E-state index in [1.165, 1.54) is 7.11 Å². The van der Waals surface area contributed by atoms with Gasteiger partial charge in [0.05, 0.1) is 34.8 Å². The molecule has 0 amide bonds. The second-order valence-electron chi connectivity index (χ2n) is 4.50. The maximum Gasteiger partial charge on any atom is 0.337 e. The van der Waals surface area contributed by atoms with Gasteiger partial charge < -0.3 is 15.8 Å². The summed E-state index contributed by atoms with van der Waals surface area (Å²) in [4.78, 5) is 11.5. The number of carbonyl (C=O) groups is 1. The Morgan fingerprint density at radius 2 is 1.95 bits per heavy atom. The van der Waals surface area contributed by atoms with Crippen LogP contribution in [-0.4, -0.2) is 13.1 Å². The monoisotopic (exact) mass is 324 g/mol. The van der Waals surface area contributed by atoms with E-state index in [2.05, 4.69) is 10.1 Å². The largest absolute Gasteiger partial charge is 0.465 e. The Morgan fingerprint density at radius 3 is 2.52 bits per heavy atom. The zero-order valence-corrected chi connectivity index (χ0v) is 13.0. The standard InChI is InChI=1S/C15H14Cl2N2O2/c1-8-5-9(15(20)21-2)6-12(18)14(8)19-13-4-3-10(16)7-11(13)17/h3-7,19H,18H2,1-2H3. The minimum absolute atomic E-state index is 0.403. The number of hydrogen-bond donors (Lipinski definition) is 2. The number of ether oxygens (including phenoxy) is 1. The van der Waals surface area contributed by atoms with Gasteiger partial charge in [0.25, 0.3) is 0 Å². The van der Waals surface area contributed by atoms with Gasteiger partial charge in [0.2, 0.25) is 0 Å². The summed E-state index contributed by atoms with van der Waals surface area (Å²) < 4.78 is 4.69. The summed E-state index contributed by atoms with van der Waals surface area (Å²) in [6, 6.07) is 8.39. The number of nitrogens with two attached hydrogens (primary N) is 1. The molecule has 0 unspecified atom stereocenters. The summed E-state index contributed by atoms with van der Waals surface area (Å²) in [7, 11) is 1.33. The molecule has 2 aromatic carbocycles. The molecule has 2 aromatic rings. The topological polar surface area (TPSA) is 64.3 Å². The number of aryl methyl sites for hydroxylation is 1. The van der Waals surface area contributed by atoms with Crippen LogP contribution >= 0.6 is 23.2 Å². The second-order valence-corrected chi connectivity index (χ2v) is 5.34. The Balaban J connectivity index is 2.38. The highest BCUT2D eigenvalue weighted by atomic mass is 35.5. The third-order valence-electron chi connectivity index (χ3n) is 2.98. The van der Waals surface area contributed by atoms with Crippen molar-refractivity contribution < 1.29 is 9.53 Å². The van der Waals surface area contributed by atoms with Gasteiger partial charge in [-0.05, 0) is 42.8 Å². The van der Waals surface area contributed by atoms with Crippen molar-refractivity contribution in [1.29, 1.82) is 0 Å². The van der Waals surface area contributed by atoms with Crippen LogP contribution in [0.3, 0.4) is 0 Å². The summed E-state index contributed by atoms with van der Waals surface area (Å²) in [5, 5.41) is 4.19. The van der Waals surface area contributed by atoms with Gasteiger partial charge >= 0.3 is 5.97 Å². The average Bonchev–Trinajstić information content (AvgIpc) is 2.43. The van der Waals surface area contributed by atoms with Crippen LogP contribution in [0.5, 0.6) is 0 Å². The van der Waals surface area contributed by atoms with Crippen LogP contribution in [0.25, 0.3) is 0 Å². The number of methoxy groups -OCH3 is 1. The second kappa shape index (κ2) is 6.24. The SMILES string of the molecule is COC(=O)c1cc(C)c(Nc2ccc(Cl)cc2Cl)c(N)c1. The molecule has 4 nitrogen and oxygen atoms in total. The molecule has 2 rings (SSSR count). The molecule has 0 bridgehead atoms. The summed E-state index contributed by atoms with van der Waals surface area (Å²) in [5.74, 6) is -0.430. The van der Waals surface area contributed by atoms with Crippen LogP contribution in [-0.2, 0) is 4.74 Å². The molecular formula is C15H14Cl2N2O2. The highest BCUT2D eigenvalue weighted by Crippen LogP contribution is 2.33. The van der Waals surface area contributed by atoms with E-state index in [-0.39, 0.29) is 0 Å². The maximum atomic E-state index is 11.5. The van der Waals surface area contributed by atoms with Gasteiger partial charge in [0, 0.05) is 5.02 Å². The Hall–Kier alpha value is -1.91. The van der Waals surface area contributed by atoms with Crippen molar-refractivity contribution in [3.05, 3.63) is 51.5 Å². The molecule has 0 atom stereocenters. The van der Waals surface area contributed by atoms with Gasteiger partial charge in [-0.15, -0.1) is 0 Å². The molecule has 0 aromatic heterocycles. The van der Waals surface area contributed by atoms with Gasteiger partial charge in [0.15, 0.2) is 0 Å². The summed E-state index contributed by atoms with van der Waals surface area (Å²) in [6.45, 7) is 1.84. The molecule has 3 N–H and O–H groups in total. The average molecular weight is 325 g/mol. The number of rotatable bonds is 3. The quantitative estimate of drug-likeness (QED) is 0.648. The van der Waals surface area contributed by atoms with E-state index in [1.807, 2.05) is 6.92 Å². The van der Waals surface area contributed by atoms with E-state index in [0.29, 0.717) is 32.7 Å². The van der Waals surface area contributed by atoms with Crippen molar-refractivity contribution in [2.75, 3.05) is 18.2 Å². The molecule has 0 saturated heterocycles. The van der Waals surface area contributed by atoms with Crippen LogP contribution in [0.4, 0.5) is 17.1 Å². The number of halogens is 2. The van der Waals surface area contributed by atoms with Gasteiger partial charge in [-0.1, -0.05) is 23.2 Å². The first-order valence-electron chi connectivity index (χ1n) is 6.13. The highest BCUT2D eigenvalue weighted by molar-refractivity contribution is 6.36. The van der Waals surface area contributed by atoms with E-state index in [0.717, 1.165) is 5.56 Å². The number of hydrogen-bond acceptors (Lipinski definition) is 4. The predicted octanol–water partition coefficient (Wildman–Crippen LogP) is 4.41. The fourth-order valence-electron chi connectivity index (χ4n) is 1.95. The Bertz CT molecular complexity index is 679. The predicted molar refractivity (Wildman–Crippen MR) is 86.7 cm³/mol. The van der Waals surface area contributed by atoms with Crippen LogP contribution in [0.15, 0.2) is 30.3 Å². The Labute approximate surface area is 132 Å². The number of nitrogens with one attached hydrogen (secondary N) is 1. The summed E-state index contributed by atoms with van der Waals surface area (Å²) in [5.41, 5.74) is 9.01. The molecule has 0 aliphatic rings. The van der Waals surface area contributed by atoms with Crippen LogP contribution < -0.4 is 11.1 Å². The minimum atomic E-state index is -0.430. The highest BCUT2D eigenvalue weighted by Gasteiger charge is 2.12. The fraction of sp³-hybridized carbons (Fsp3) is 0.133.